The van der Waals surface area contributed by atoms with Gasteiger partial charge in [-0.1, -0.05) is 88.7 Å². The van der Waals surface area contributed by atoms with Crippen LogP contribution >= 0.6 is 0 Å². The zero-order valence-corrected chi connectivity index (χ0v) is 31.8. The molecule has 4 aromatic rings. The number of aliphatic hydroxyl groups excluding tert-OH is 1. The molecule has 1 aromatic heterocycles. The van der Waals surface area contributed by atoms with Crippen LogP contribution in [0.5, 0.6) is 5.75 Å². The summed E-state index contributed by atoms with van der Waals surface area (Å²) in [5.41, 5.74) is 2.05. The van der Waals surface area contributed by atoms with Gasteiger partial charge in [-0.15, -0.1) is 0 Å². The first-order valence-electron chi connectivity index (χ1n) is 18.5. The first-order valence-corrected chi connectivity index (χ1v) is 18.5. The Hall–Kier alpha value is -5.43. The van der Waals surface area contributed by atoms with E-state index in [0.717, 1.165) is 28.3 Å². The van der Waals surface area contributed by atoms with Crippen LogP contribution in [0.25, 0.3) is 10.8 Å². The predicted molar refractivity (Wildman–Crippen MR) is 206 cm³/mol. The summed E-state index contributed by atoms with van der Waals surface area (Å²) >= 11 is 0. The standard InChI is InChI=1S/C41H54N6O7/c1-6-27(4)22-43-38(49)21-37(48)34(18-26(2)3)45-40(51)36(20-31-23-42-25-44-31)46-39(50)35(19-30-12-9-11-29-10-7-8-13-33(29)30)47-41(52)54-24-28-14-16-32(53-5)17-15-28/h7-17,23,25-27,34-37,48H,6,18-22,24H2,1-5H3,(H,42,44)(H,43,49)(H,45,51)(H,46,50)(H,47,52)/t27?,34-,35-,36-,37-/m0/s1. The molecule has 54 heavy (non-hydrogen) atoms. The van der Waals surface area contributed by atoms with Crippen molar-refractivity contribution < 1.29 is 33.8 Å². The average molecular weight is 743 g/mol. The van der Waals surface area contributed by atoms with E-state index in [0.29, 0.717) is 24.4 Å². The maximum atomic E-state index is 14.2. The largest absolute Gasteiger partial charge is 0.497 e. The van der Waals surface area contributed by atoms with Gasteiger partial charge in [0.15, 0.2) is 0 Å². The van der Waals surface area contributed by atoms with Crippen LogP contribution in [-0.4, -0.2) is 76.8 Å². The Morgan fingerprint density at radius 1 is 0.870 bits per heavy atom. The van der Waals surface area contributed by atoms with Crippen LogP contribution in [0.15, 0.2) is 79.3 Å². The number of aliphatic hydroxyl groups is 1. The minimum atomic E-state index is -1.17. The van der Waals surface area contributed by atoms with Gasteiger partial charge < -0.3 is 40.8 Å². The molecule has 290 valence electrons. The highest BCUT2D eigenvalue weighted by Crippen LogP contribution is 2.21. The van der Waals surface area contributed by atoms with E-state index >= 15 is 0 Å². The smallest absolute Gasteiger partial charge is 0.408 e. The lowest BCUT2D eigenvalue weighted by molar-refractivity contribution is -0.131. The van der Waals surface area contributed by atoms with Crippen LogP contribution in [0, 0.1) is 11.8 Å². The molecule has 0 aliphatic carbocycles. The van der Waals surface area contributed by atoms with Gasteiger partial charge in [-0.25, -0.2) is 9.78 Å². The van der Waals surface area contributed by atoms with Crippen molar-refractivity contribution in [3.8, 4) is 5.75 Å². The second-order valence-corrected chi connectivity index (χ2v) is 14.1. The highest BCUT2D eigenvalue weighted by molar-refractivity contribution is 5.93. The topological polar surface area (TPSA) is 184 Å². The minimum absolute atomic E-state index is 0.0177. The van der Waals surface area contributed by atoms with E-state index in [1.165, 1.54) is 6.33 Å². The van der Waals surface area contributed by atoms with Crippen LogP contribution in [0.3, 0.4) is 0 Å². The van der Waals surface area contributed by atoms with E-state index < -0.39 is 42.1 Å². The van der Waals surface area contributed by atoms with Gasteiger partial charge in [-0.3, -0.25) is 14.4 Å². The van der Waals surface area contributed by atoms with Crippen molar-refractivity contribution in [3.05, 3.63) is 96.1 Å². The number of rotatable bonds is 20. The summed E-state index contributed by atoms with van der Waals surface area (Å²) in [4.78, 5) is 61.2. The van der Waals surface area contributed by atoms with E-state index in [1.54, 1.807) is 37.6 Å². The molecule has 6 N–H and O–H groups in total. The fraction of sp³-hybridized carbons (Fsp3) is 0.439. The van der Waals surface area contributed by atoms with Crippen LogP contribution < -0.4 is 26.0 Å². The van der Waals surface area contributed by atoms with Gasteiger partial charge in [0.25, 0.3) is 0 Å². The molecular formula is C41H54N6O7. The summed E-state index contributed by atoms with van der Waals surface area (Å²) in [6.07, 6.45) is 2.32. The zero-order valence-electron chi connectivity index (χ0n) is 31.8. The number of hydrogen-bond donors (Lipinski definition) is 6. The molecule has 13 nitrogen and oxygen atoms in total. The second-order valence-electron chi connectivity index (χ2n) is 14.1. The van der Waals surface area contributed by atoms with Gasteiger partial charge in [0.05, 0.1) is 37.7 Å². The molecule has 4 rings (SSSR count). The number of aromatic amines is 1. The lowest BCUT2D eigenvalue weighted by Gasteiger charge is -2.29. The fourth-order valence-electron chi connectivity index (χ4n) is 5.99. The number of ether oxygens (including phenoxy) is 2. The monoisotopic (exact) mass is 742 g/mol. The highest BCUT2D eigenvalue weighted by Gasteiger charge is 2.32. The normalized spacial score (nSPS) is 14.0. The summed E-state index contributed by atoms with van der Waals surface area (Å²) in [6.45, 7) is 8.42. The molecule has 0 saturated carbocycles. The van der Waals surface area contributed by atoms with Crippen molar-refractivity contribution in [2.24, 2.45) is 11.8 Å². The van der Waals surface area contributed by atoms with Gasteiger partial charge in [0.2, 0.25) is 17.7 Å². The molecule has 0 spiro atoms. The molecule has 5 atom stereocenters. The van der Waals surface area contributed by atoms with Crippen molar-refractivity contribution in [2.45, 2.75) is 90.6 Å². The lowest BCUT2D eigenvalue weighted by Crippen LogP contribution is -2.57. The van der Waals surface area contributed by atoms with Crippen LogP contribution in [-0.2, 0) is 38.6 Å². The number of amides is 4. The third kappa shape index (κ3) is 12.9. The molecule has 0 aliphatic rings. The third-order valence-electron chi connectivity index (χ3n) is 9.30. The number of carbonyl (C=O) groups is 4. The molecule has 1 heterocycles. The maximum Gasteiger partial charge on any atom is 0.408 e. The van der Waals surface area contributed by atoms with E-state index in [4.69, 9.17) is 9.47 Å². The van der Waals surface area contributed by atoms with Crippen molar-refractivity contribution in [1.82, 2.24) is 31.2 Å². The molecule has 0 bridgehead atoms. The number of benzene rings is 3. The van der Waals surface area contributed by atoms with E-state index in [2.05, 4.69) is 31.2 Å². The number of methoxy groups -OCH3 is 1. The van der Waals surface area contributed by atoms with Crippen LogP contribution in [0.2, 0.25) is 0 Å². The summed E-state index contributed by atoms with van der Waals surface area (Å²) in [7, 11) is 1.56. The third-order valence-corrected chi connectivity index (χ3v) is 9.30. The Labute approximate surface area is 317 Å². The van der Waals surface area contributed by atoms with E-state index in [9.17, 15) is 24.3 Å². The number of aromatic nitrogens is 2. The average Bonchev–Trinajstić information content (AvgIpc) is 3.68. The highest BCUT2D eigenvalue weighted by atomic mass is 16.5. The number of carbonyl (C=O) groups excluding carboxylic acids is 4. The lowest BCUT2D eigenvalue weighted by atomic mass is 9.96. The van der Waals surface area contributed by atoms with E-state index in [1.807, 2.05) is 70.2 Å². The Morgan fingerprint density at radius 3 is 2.26 bits per heavy atom. The summed E-state index contributed by atoms with van der Waals surface area (Å²) in [5, 5.41) is 24.4. The van der Waals surface area contributed by atoms with Gasteiger partial charge in [0, 0.05) is 25.6 Å². The molecule has 0 saturated heterocycles. The number of alkyl carbamates (subject to hydrolysis) is 1. The quantitative estimate of drug-likeness (QED) is 0.0761. The Bertz CT molecular complexity index is 1790. The number of nitrogens with zero attached hydrogens (tertiary/aromatic N) is 1. The number of hydrogen-bond acceptors (Lipinski definition) is 8. The van der Waals surface area contributed by atoms with Crippen LogP contribution in [0.1, 0.15) is 63.8 Å². The Kier molecular flexibility index (Phi) is 15.9. The summed E-state index contributed by atoms with van der Waals surface area (Å²) < 4.78 is 10.7. The molecule has 0 fully saturated rings. The van der Waals surface area contributed by atoms with Gasteiger partial charge in [-0.2, -0.15) is 0 Å². The molecule has 4 amide bonds. The molecule has 0 aliphatic heterocycles. The number of fused-ring (bicyclic) bond motifs is 1. The molecule has 3 aromatic carbocycles. The Balaban J connectivity index is 1.55. The molecule has 1 unspecified atom stereocenters. The van der Waals surface area contributed by atoms with Crippen molar-refractivity contribution in [2.75, 3.05) is 13.7 Å². The predicted octanol–water partition coefficient (Wildman–Crippen LogP) is 4.58. The number of nitrogens with one attached hydrogen (secondary N) is 5. The molecule has 13 heteroatoms. The van der Waals surface area contributed by atoms with Gasteiger partial charge in [-0.05, 0) is 52.3 Å². The molecular weight excluding hydrogens is 688 g/mol. The number of H-pyrrole nitrogens is 1. The van der Waals surface area contributed by atoms with Gasteiger partial charge >= 0.3 is 6.09 Å². The Morgan fingerprint density at radius 2 is 1.57 bits per heavy atom. The zero-order chi connectivity index (χ0) is 39.0. The van der Waals surface area contributed by atoms with Gasteiger partial charge in [0.1, 0.15) is 24.4 Å². The first kappa shape index (κ1) is 41.3. The fourth-order valence-corrected chi connectivity index (χ4v) is 5.99. The SMILES string of the molecule is CCC(C)CNC(=O)C[C@H](O)[C@H](CC(C)C)NC(=O)[C@H](Cc1c[nH]cn1)NC(=O)[C@H](Cc1cccc2ccccc12)NC(=O)OCc1ccc(OC)cc1. The molecule has 0 radical (unpaired) electrons. The van der Waals surface area contributed by atoms with Crippen molar-refractivity contribution in [1.29, 1.82) is 0 Å². The van der Waals surface area contributed by atoms with E-state index in [-0.39, 0.29) is 43.6 Å². The van der Waals surface area contributed by atoms with Crippen LogP contribution in [0.4, 0.5) is 4.79 Å². The van der Waals surface area contributed by atoms with Crippen molar-refractivity contribution in [3.63, 3.8) is 0 Å². The summed E-state index contributed by atoms with van der Waals surface area (Å²) in [5.74, 6) is -0.472. The maximum absolute atomic E-state index is 14.2. The first-order chi connectivity index (χ1) is 25.9. The summed E-state index contributed by atoms with van der Waals surface area (Å²) in [6, 6.07) is 17.5. The second kappa shape index (κ2) is 20.7. The number of imidazole rings is 1. The van der Waals surface area contributed by atoms with Crippen molar-refractivity contribution >= 4 is 34.6 Å². The minimum Gasteiger partial charge on any atom is -0.497 e.